The van der Waals surface area contributed by atoms with Crippen LogP contribution in [0.2, 0.25) is 0 Å². The summed E-state index contributed by atoms with van der Waals surface area (Å²) < 4.78 is 14.4. The zero-order valence-electron chi connectivity index (χ0n) is 15.3. The largest absolute Gasteiger partial charge is 0.324 e. The summed E-state index contributed by atoms with van der Waals surface area (Å²) in [5.74, 6) is -0.199. The number of benzene rings is 1. The molecule has 0 saturated carbocycles. The summed E-state index contributed by atoms with van der Waals surface area (Å²) in [6, 6.07) is 9.70. The summed E-state index contributed by atoms with van der Waals surface area (Å²) in [4.78, 5) is 30.7. The fraction of sp³-hybridized carbons (Fsp3) is 0.350. The van der Waals surface area contributed by atoms with Crippen LogP contribution in [-0.2, 0) is 9.59 Å². The Bertz CT molecular complexity index is 823. The third kappa shape index (κ3) is 5.84. The van der Waals surface area contributed by atoms with E-state index in [4.69, 9.17) is 0 Å². The number of nitrogens with one attached hydrogen (secondary N) is 2. The third-order valence-electron chi connectivity index (χ3n) is 4.74. The average molecular weight is 449 g/mol. The van der Waals surface area contributed by atoms with Crippen molar-refractivity contribution in [1.82, 2.24) is 9.88 Å². The third-order valence-corrected chi connectivity index (χ3v) is 5.21. The maximum atomic E-state index is 13.6. The molecule has 2 heterocycles. The molecule has 0 aliphatic carbocycles. The van der Waals surface area contributed by atoms with Gasteiger partial charge in [0.05, 0.1) is 5.69 Å². The molecule has 8 heteroatoms. The molecule has 1 aliphatic rings. The van der Waals surface area contributed by atoms with Gasteiger partial charge in [-0.3, -0.25) is 9.59 Å². The number of hydrogen-bond donors (Lipinski definition) is 2. The Morgan fingerprint density at radius 1 is 1.14 bits per heavy atom. The second kappa shape index (κ2) is 9.75. The number of piperidine rings is 1. The topological polar surface area (TPSA) is 74.3 Å². The monoisotopic (exact) mass is 448 g/mol. The zero-order chi connectivity index (χ0) is 19.9. The summed E-state index contributed by atoms with van der Waals surface area (Å²) >= 11 is 3.31. The molecule has 0 spiro atoms. The molecule has 0 unspecified atom stereocenters. The highest BCUT2D eigenvalue weighted by Crippen LogP contribution is 2.20. The number of hydrogen-bond acceptors (Lipinski definition) is 4. The highest BCUT2D eigenvalue weighted by molar-refractivity contribution is 9.10. The fourth-order valence-corrected chi connectivity index (χ4v) is 3.37. The first-order valence-electron chi connectivity index (χ1n) is 9.20. The number of para-hydroxylation sites is 1. The number of rotatable bonds is 6. The molecule has 2 aromatic rings. The molecule has 6 nitrogen and oxygen atoms in total. The summed E-state index contributed by atoms with van der Waals surface area (Å²) in [6.45, 7) is 2.08. The van der Waals surface area contributed by atoms with Crippen LogP contribution >= 0.6 is 15.9 Å². The fourth-order valence-electron chi connectivity index (χ4n) is 3.13. The molecule has 2 amide bonds. The molecule has 1 aliphatic heterocycles. The lowest BCUT2D eigenvalue weighted by Gasteiger charge is -2.31. The van der Waals surface area contributed by atoms with Crippen LogP contribution in [0.3, 0.4) is 0 Å². The lowest BCUT2D eigenvalue weighted by molar-refractivity contribution is -0.121. The molecule has 0 bridgehead atoms. The molecule has 3 rings (SSSR count). The van der Waals surface area contributed by atoms with Crippen molar-refractivity contribution < 1.29 is 14.0 Å². The SMILES string of the molecule is O=C(CCN1CCC(C(=O)Nc2ccc(Br)cn2)CC1)Nc1ccccc1F. The minimum Gasteiger partial charge on any atom is -0.324 e. The summed E-state index contributed by atoms with van der Waals surface area (Å²) in [5.41, 5.74) is 0.199. The Labute approximate surface area is 171 Å². The number of carbonyl (C=O) groups is 2. The standard InChI is InChI=1S/C20H22BrFN4O2/c21-15-5-6-18(23-13-15)25-20(28)14-7-10-26(11-8-14)12-9-19(27)24-17-4-2-1-3-16(17)22/h1-6,13-14H,7-12H2,(H,24,27)(H,23,25,28). The van der Waals surface area contributed by atoms with E-state index in [-0.39, 0.29) is 29.8 Å². The van der Waals surface area contributed by atoms with Gasteiger partial charge in [-0.1, -0.05) is 12.1 Å². The van der Waals surface area contributed by atoms with Crippen LogP contribution in [0.15, 0.2) is 47.1 Å². The Hall–Kier alpha value is -2.32. The zero-order valence-corrected chi connectivity index (χ0v) is 16.9. The van der Waals surface area contributed by atoms with Gasteiger partial charge < -0.3 is 15.5 Å². The Kier molecular flexibility index (Phi) is 7.11. The van der Waals surface area contributed by atoms with Crippen molar-refractivity contribution in [2.75, 3.05) is 30.3 Å². The van der Waals surface area contributed by atoms with Gasteiger partial charge in [0.1, 0.15) is 11.6 Å². The molecule has 2 N–H and O–H groups in total. The molecule has 1 saturated heterocycles. The van der Waals surface area contributed by atoms with E-state index in [1.165, 1.54) is 12.1 Å². The van der Waals surface area contributed by atoms with Crippen molar-refractivity contribution >= 4 is 39.2 Å². The number of amides is 2. The van der Waals surface area contributed by atoms with Gasteiger partial charge in [0, 0.05) is 29.6 Å². The van der Waals surface area contributed by atoms with Crippen molar-refractivity contribution in [2.45, 2.75) is 19.3 Å². The molecule has 28 heavy (non-hydrogen) atoms. The van der Waals surface area contributed by atoms with Gasteiger partial charge in [-0.15, -0.1) is 0 Å². The summed E-state index contributed by atoms with van der Waals surface area (Å²) in [7, 11) is 0. The Balaban J connectivity index is 1.39. The lowest BCUT2D eigenvalue weighted by atomic mass is 9.96. The number of likely N-dealkylation sites (tertiary alicyclic amines) is 1. The molecular weight excluding hydrogens is 427 g/mol. The predicted molar refractivity (Wildman–Crippen MR) is 109 cm³/mol. The first-order valence-corrected chi connectivity index (χ1v) is 10.00. The van der Waals surface area contributed by atoms with Gasteiger partial charge in [-0.05, 0) is 66.1 Å². The van der Waals surface area contributed by atoms with E-state index in [2.05, 4.69) is 36.4 Å². The van der Waals surface area contributed by atoms with Gasteiger partial charge in [0.25, 0.3) is 0 Å². The van der Waals surface area contributed by atoms with Crippen LogP contribution in [0, 0.1) is 11.7 Å². The number of carbonyl (C=O) groups excluding carboxylic acids is 2. The molecule has 1 aromatic carbocycles. The van der Waals surface area contributed by atoms with Crippen molar-refractivity contribution in [1.29, 1.82) is 0 Å². The van der Waals surface area contributed by atoms with Crippen molar-refractivity contribution in [3.63, 3.8) is 0 Å². The van der Waals surface area contributed by atoms with Gasteiger partial charge in [0.2, 0.25) is 11.8 Å². The number of aromatic nitrogens is 1. The number of halogens is 2. The first kappa shape index (κ1) is 20.4. The van der Waals surface area contributed by atoms with Crippen LogP contribution < -0.4 is 10.6 Å². The molecule has 148 valence electrons. The normalized spacial score (nSPS) is 15.2. The molecule has 0 atom stereocenters. The van der Waals surface area contributed by atoms with Crippen molar-refractivity contribution in [3.8, 4) is 0 Å². The molecule has 1 aromatic heterocycles. The van der Waals surface area contributed by atoms with Crippen LogP contribution in [0.1, 0.15) is 19.3 Å². The Morgan fingerprint density at radius 3 is 2.57 bits per heavy atom. The van der Waals surface area contributed by atoms with Crippen LogP contribution in [0.4, 0.5) is 15.9 Å². The van der Waals surface area contributed by atoms with E-state index in [0.717, 1.165) is 30.4 Å². The lowest BCUT2D eigenvalue weighted by Crippen LogP contribution is -2.39. The number of nitrogens with zero attached hydrogens (tertiary/aromatic N) is 2. The van der Waals surface area contributed by atoms with E-state index in [9.17, 15) is 14.0 Å². The second-order valence-electron chi connectivity index (χ2n) is 6.74. The van der Waals surface area contributed by atoms with E-state index >= 15 is 0 Å². The van der Waals surface area contributed by atoms with Gasteiger partial charge in [0.15, 0.2) is 0 Å². The van der Waals surface area contributed by atoms with Gasteiger partial charge in [-0.2, -0.15) is 0 Å². The predicted octanol–water partition coefficient (Wildman–Crippen LogP) is 3.66. The highest BCUT2D eigenvalue weighted by atomic mass is 79.9. The van der Waals surface area contributed by atoms with E-state index in [0.29, 0.717) is 12.4 Å². The Morgan fingerprint density at radius 2 is 1.89 bits per heavy atom. The van der Waals surface area contributed by atoms with Crippen LogP contribution in [0.25, 0.3) is 0 Å². The van der Waals surface area contributed by atoms with Crippen molar-refractivity contribution in [3.05, 3.63) is 52.9 Å². The van der Waals surface area contributed by atoms with Gasteiger partial charge in [-0.25, -0.2) is 9.37 Å². The highest BCUT2D eigenvalue weighted by Gasteiger charge is 2.25. The summed E-state index contributed by atoms with van der Waals surface area (Å²) in [5, 5.41) is 5.44. The molecule has 1 fully saturated rings. The number of pyridine rings is 1. The number of anilines is 2. The molecule has 0 radical (unpaired) electrons. The first-order chi connectivity index (χ1) is 13.5. The average Bonchev–Trinajstić information content (AvgIpc) is 2.70. The van der Waals surface area contributed by atoms with E-state index < -0.39 is 5.82 Å². The smallest absolute Gasteiger partial charge is 0.228 e. The van der Waals surface area contributed by atoms with Crippen LogP contribution in [-0.4, -0.2) is 41.3 Å². The summed E-state index contributed by atoms with van der Waals surface area (Å²) in [6.07, 6.45) is 3.40. The minimum absolute atomic E-state index is 0.0215. The maximum absolute atomic E-state index is 13.6. The van der Waals surface area contributed by atoms with Crippen LogP contribution in [0.5, 0.6) is 0 Å². The quantitative estimate of drug-likeness (QED) is 0.706. The van der Waals surface area contributed by atoms with E-state index in [1.807, 2.05) is 6.07 Å². The second-order valence-corrected chi connectivity index (χ2v) is 7.66. The van der Waals surface area contributed by atoms with Crippen molar-refractivity contribution in [2.24, 2.45) is 5.92 Å². The van der Waals surface area contributed by atoms with E-state index in [1.54, 1.807) is 24.4 Å². The molecular formula is C20H22BrFN4O2. The maximum Gasteiger partial charge on any atom is 0.228 e. The minimum atomic E-state index is -0.442. The van der Waals surface area contributed by atoms with Gasteiger partial charge >= 0.3 is 0 Å².